The number of benzene rings is 1. The number of hydrogen-bond donors (Lipinski definition) is 0. The summed E-state index contributed by atoms with van der Waals surface area (Å²) >= 11 is 0. The number of ether oxygens (including phenoxy) is 1. The molecular weight excluding hydrogens is 364 g/mol. The summed E-state index contributed by atoms with van der Waals surface area (Å²) in [6, 6.07) is 7.08. The molecule has 6 nitrogen and oxygen atoms in total. The standard InChI is InChI=1S/C20H32N2O4S/c1-6-16-7-9-18(10-8-16)27(24,25)21(5)15-17-11-13-22(14-12-17)19(23)26-20(2,3)4/h7-10,17H,6,11-15H2,1-5H3. The Hall–Kier alpha value is -1.60. The monoisotopic (exact) mass is 396 g/mol. The predicted octanol–water partition coefficient (Wildman–Crippen LogP) is 3.52. The molecule has 7 heteroatoms. The second-order valence-electron chi connectivity index (χ2n) is 8.19. The van der Waals surface area contributed by atoms with E-state index in [4.69, 9.17) is 4.74 Å². The van der Waals surface area contributed by atoms with Gasteiger partial charge in [0.1, 0.15) is 5.60 Å². The minimum atomic E-state index is -3.49. The number of piperidine rings is 1. The van der Waals surface area contributed by atoms with Gasteiger partial charge in [-0.1, -0.05) is 19.1 Å². The third-order valence-electron chi connectivity index (χ3n) is 4.82. The molecular formula is C20H32N2O4S. The summed E-state index contributed by atoms with van der Waals surface area (Å²) in [5, 5.41) is 0. The maximum absolute atomic E-state index is 12.8. The molecule has 0 bridgehead atoms. The molecule has 1 aromatic rings. The summed E-state index contributed by atoms with van der Waals surface area (Å²) < 4.78 is 32.4. The molecule has 1 amide bonds. The van der Waals surface area contributed by atoms with Crippen molar-refractivity contribution < 1.29 is 17.9 Å². The van der Waals surface area contributed by atoms with Gasteiger partial charge in [0.2, 0.25) is 10.0 Å². The van der Waals surface area contributed by atoms with Gasteiger partial charge in [0.15, 0.2) is 0 Å². The van der Waals surface area contributed by atoms with Crippen LogP contribution in [0.5, 0.6) is 0 Å². The lowest BCUT2D eigenvalue weighted by atomic mass is 9.97. The molecule has 0 radical (unpaired) electrons. The Morgan fingerprint density at radius 3 is 2.22 bits per heavy atom. The summed E-state index contributed by atoms with van der Waals surface area (Å²) in [5.41, 5.74) is 0.612. The minimum absolute atomic E-state index is 0.235. The largest absolute Gasteiger partial charge is 0.444 e. The molecule has 1 saturated heterocycles. The van der Waals surface area contributed by atoms with Gasteiger partial charge in [-0.2, -0.15) is 0 Å². The van der Waals surface area contributed by atoms with Crippen molar-refractivity contribution in [1.29, 1.82) is 0 Å². The fourth-order valence-corrected chi connectivity index (χ4v) is 4.41. The Morgan fingerprint density at radius 2 is 1.74 bits per heavy atom. The first-order chi connectivity index (χ1) is 12.5. The van der Waals surface area contributed by atoms with E-state index < -0.39 is 15.6 Å². The third-order valence-corrected chi connectivity index (χ3v) is 6.66. The number of hydrogen-bond acceptors (Lipinski definition) is 4. The molecule has 27 heavy (non-hydrogen) atoms. The molecule has 0 spiro atoms. The number of likely N-dealkylation sites (tertiary alicyclic amines) is 1. The van der Waals surface area contributed by atoms with Crippen LogP contribution in [0.1, 0.15) is 46.1 Å². The quantitative estimate of drug-likeness (QED) is 0.764. The van der Waals surface area contributed by atoms with Gasteiger partial charge in [0.05, 0.1) is 4.90 Å². The summed E-state index contributed by atoms with van der Waals surface area (Å²) in [6.07, 6.45) is 2.13. The van der Waals surface area contributed by atoms with Crippen molar-refractivity contribution in [3.05, 3.63) is 29.8 Å². The van der Waals surface area contributed by atoms with Crippen molar-refractivity contribution in [2.24, 2.45) is 5.92 Å². The summed E-state index contributed by atoms with van der Waals surface area (Å²) in [4.78, 5) is 14.2. The Balaban J connectivity index is 1.91. The molecule has 0 saturated carbocycles. The number of amides is 1. The highest BCUT2D eigenvalue weighted by molar-refractivity contribution is 7.89. The Kier molecular flexibility index (Phi) is 6.92. The summed E-state index contributed by atoms with van der Waals surface area (Å²) in [7, 11) is -1.86. The zero-order chi connectivity index (χ0) is 20.2. The first-order valence-corrected chi connectivity index (χ1v) is 11.0. The van der Waals surface area contributed by atoms with Crippen LogP contribution in [-0.2, 0) is 21.2 Å². The maximum atomic E-state index is 12.8. The average molecular weight is 397 g/mol. The maximum Gasteiger partial charge on any atom is 0.410 e. The second kappa shape index (κ2) is 8.61. The van der Waals surface area contributed by atoms with Crippen LogP contribution >= 0.6 is 0 Å². The zero-order valence-electron chi connectivity index (χ0n) is 17.1. The van der Waals surface area contributed by atoms with Crippen LogP contribution in [0.15, 0.2) is 29.2 Å². The van der Waals surface area contributed by atoms with E-state index in [2.05, 4.69) is 0 Å². The molecule has 0 aromatic heterocycles. The average Bonchev–Trinajstić information content (AvgIpc) is 2.60. The highest BCUT2D eigenvalue weighted by Crippen LogP contribution is 2.23. The van der Waals surface area contributed by atoms with Gasteiger partial charge in [-0.3, -0.25) is 0 Å². The highest BCUT2D eigenvalue weighted by Gasteiger charge is 2.29. The van der Waals surface area contributed by atoms with E-state index in [1.165, 1.54) is 4.31 Å². The van der Waals surface area contributed by atoms with Crippen LogP contribution in [-0.4, -0.2) is 56.0 Å². The first kappa shape index (κ1) is 21.7. The zero-order valence-corrected chi connectivity index (χ0v) is 17.9. The second-order valence-corrected chi connectivity index (χ2v) is 10.2. The van der Waals surface area contributed by atoms with Crippen LogP contribution in [0.4, 0.5) is 4.79 Å². The number of carbonyl (C=O) groups is 1. The van der Waals surface area contributed by atoms with E-state index in [0.29, 0.717) is 24.5 Å². The number of nitrogens with zero attached hydrogens (tertiary/aromatic N) is 2. The number of aryl methyl sites for hydroxylation is 1. The first-order valence-electron chi connectivity index (χ1n) is 9.56. The molecule has 1 aromatic carbocycles. The number of sulfonamides is 1. The van der Waals surface area contributed by atoms with Crippen LogP contribution in [0, 0.1) is 5.92 Å². The van der Waals surface area contributed by atoms with Crippen LogP contribution < -0.4 is 0 Å². The van der Waals surface area contributed by atoms with E-state index in [0.717, 1.165) is 24.8 Å². The molecule has 152 valence electrons. The smallest absolute Gasteiger partial charge is 0.410 e. The normalized spacial score (nSPS) is 16.6. The minimum Gasteiger partial charge on any atom is -0.444 e. The van der Waals surface area contributed by atoms with Crippen LogP contribution in [0.2, 0.25) is 0 Å². The lowest BCUT2D eigenvalue weighted by Gasteiger charge is -2.34. The molecule has 0 aliphatic carbocycles. The lowest BCUT2D eigenvalue weighted by molar-refractivity contribution is 0.0179. The number of carbonyl (C=O) groups excluding carboxylic acids is 1. The van der Waals surface area contributed by atoms with Crippen molar-refractivity contribution in [1.82, 2.24) is 9.21 Å². The fourth-order valence-electron chi connectivity index (χ4n) is 3.16. The van der Waals surface area contributed by atoms with Gasteiger partial charge >= 0.3 is 6.09 Å². The van der Waals surface area contributed by atoms with E-state index in [-0.39, 0.29) is 12.0 Å². The van der Waals surface area contributed by atoms with Gasteiger partial charge < -0.3 is 9.64 Å². The van der Waals surface area contributed by atoms with Crippen LogP contribution in [0.3, 0.4) is 0 Å². The van der Waals surface area contributed by atoms with Gasteiger partial charge in [0.25, 0.3) is 0 Å². The molecule has 0 unspecified atom stereocenters. The SMILES string of the molecule is CCc1ccc(S(=O)(=O)N(C)CC2CCN(C(=O)OC(C)(C)C)CC2)cc1. The summed E-state index contributed by atoms with van der Waals surface area (Å²) in [5.74, 6) is 0.235. The van der Waals surface area contributed by atoms with Crippen molar-refractivity contribution in [3.8, 4) is 0 Å². The van der Waals surface area contributed by atoms with Crippen LogP contribution in [0.25, 0.3) is 0 Å². The van der Waals surface area contributed by atoms with Gasteiger partial charge in [-0.25, -0.2) is 17.5 Å². The topological polar surface area (TPSA) is 66.9 Å². The highest BCUT2D eigenvalue weighted by atomic mass is 32.2. The number of rotatable bonds is 5. The van der Waals surface area contributed by atoms with E-state index in [1.54, 1.807) is 24.1 Å². The van der Waals surface area contributed by atoms with E-state index in [9.17, 15) is 13.2 Å². The Labute approximate surface area is 163 Å². The third kappa shape index (κ3) is 5.94. The van der Waals surface area contributed by atoms with Crippen molar-refractivity contribution >= 4 is 16.1 Å². The van der Waals surface area contributed by atoms with Gasteiger partial charge in [-0.15, -0.1) is 0 Å². The Bertz CT molecular complexity index is 730. The van der Waals surface area contributed by atoms with E-state index in [1.807, 2.05) is 39.8 Å². The van der Waals surface area contributed by atoms with E-state index >= 15 is 0 Å². The summed E-state index contributed by atoms with van der Waals surface area (Å²) in [6.45, 7) is 9.25. The fraction of sp³-hybridized carbons (Fsp3) is 0.650. The molecule has 1 aliphatic rings. The van der Waals surface area contributed by atoms with Crippen molar-refractivity contribution in [2.45, 2.75) is 57.5 Å². The van der Waals surface area contributed by atoms with Gasteiger partial charge in [0, 0.05) is 26.7 Å². The molecule has 1 heterocycles. The van der Waals surface area contributed by atoms with Crippen molar-refractivity contribution in [2.75, 3.05) is 26.7 Å². The van der Waals surface area contributed by atoms with Crippen molar-refractivity contribution in [3.63, 3.8) is 0 Å². The molecule has 0 atom stereocenters. The molecule has 0 N–H and O–H groups in total. The lowest BCUT2D eigenvalue weighted by Crippen LogP contribution is -2.44. The Morgan fingerprint density at radius 1 is 1.19 bits per heavy atom. The molecule has 2 rings (SSSR count). The predicted molar refractivity (Wildman–Crippen MR) is 106 cm³/mol. The molecule has 1 aliphatic heterocycles. The molecule has 1 fully saturated rings. The van der Waals surface area contributed by atoms with Gasteiger partial charge in [-0.05, 0) is 63.6 Å².